The van der Waals surface area contributed by atoms with Gasteiger partial charge >= 0.3 is 0 Å². The van der Waals surface area contributed by atoms with Crippen LogP contribution in [-0.2, 0) is 0 Å². The summed E-state index contributed by atoms with van der Waals surface area (Å²) < 4.78 is 5.16. The van der Waals surface area contributed by atoms with Crippen molar-refractivity contribution >= 4 is 22.3 Å². The zero-order chi connectivity index (χ0) is 22.8. The molecule has 0 spiro atoms. The van der Waals surface area contributed by atoms with Crippen LogP contribution in [0.3, 0.4) is 0 Å². The van der Waals surface area contributed by atoms with Crippen molar-refractivity contribution < 1.29 is 4.74 Å². The van der Waals surface area contributed by atoms with E-state index in [1.165, 1.54) is 18.4 Å². The number of anilines is 2. The number of benzene rings is 1. The average molecular weight is 442 g/mol. The third kappa shape index (κ3) is 4.45. The maximum atomic E-state index is 12.6. The number of fused-ring (bicyclic) bond motifs is 1. The van der Waals surface area contributed by atoms with Gasteiger partial charge in [-0.05, 0) is 80.2 Å². The standard InChI is InChI=1S/C26H27N5O2/c1-31-13-10-18(11-14-31)17-3-6-21(7-4-17)29-25-24-19(9-12-27-26(24)32)15-22(30-25)20-5-8-23(33-2)28-16-20/h3-9,12,15-16,18H,10-11,13-14H2,1-2H3,(H,27,32)(H,29,30). The molecule has 0 saturated carbocycles. The Balaban J connectivity index is 1.48. The van der Waals surface area contributed by atoms with Crippen LogP contribution in [0.25, 0.3) is 22.0 Å². The molecule has 1 fully saturated rings. The third-order valence-corrected chi connectivity index (χ3v) is 6.36. The molecule has 1 aliphatic rings. The lowest BCUT2D eigenvalue weighted by molar-refractivity contribution is 0.255. The van der Waals surface area contributed by atoms with Gasteiger partial charge in [0.05, 0.1) is 18.2 Å². The first-order valence-electron chi connectivity index (χ1n) is 11.2. The van der Waals surface area contributed by atoms with Gasteiger partial charge in [-0.15, -0.1) is 0 Å². The van der Waals surface area contributed by atoms with Gasteiger partial charge in [-0.3, -0.25) is 4.79 Å². The van der Waals surface area contributed by atoms with Gasteiger partial charge in [0.25, 0.3) is 5.56 Å². The van der Waals surface area contributed by atoms with Crippen molar-refractivity contribution in [2.24, 2.45) is 0 Å². The molecule has 3 aromatic heterocycles. The topological polar surface area (TPSA) is 83.1 Å². The van der Waals surface area contributed by atoms with Crippen molar-refractivity contribution in [2.75, 3.05) is 32.6 Å². The van der Waals surface area contributed by atoms with Crippen molar-refractivity contribution in [1.29, 1.82) is 0 Å². The average Bonchev–Trinajstić information content (AvgIpc) is 2.85. The van der Waals surface area contributed by atoms with E-state index in [0.717, 1.165) is 35.4 Å². The molecule has 168 valence electrons. The van der Waals surface area contributed by atoms with Crippen molar-refractivity contribution in [2.45, 2.75) is 18.8 Å². The third-order valence-electron chi connectivity index (χ3n) is 6.36. The molecule has 7 heteroatoms. The number of likely N-dealkylation sites (tertiary alicyclic amines) is 1. The molecule has 0 radical (unpaired) electrons. The fraction of sp³-hybridized carbons (Fsp3) is 0.269. The molecule has 1 aliphatic heterocycles. The second-order valence-corrected chi connectivity index (χ2v) is 8.54. The zero-order valence-electron chi connectivity index (χ0n) is 18.8. The molecule has 0 aliphatic carbocycles. The number of ether oxygens (including phenoxy) is 1. The van der Waals surface area contributed by atoms with Crippen LogP contribution in [-0.4, -0.2) is 47.1 Å². The Kier molecular flexibility index (Phi) is 5.79. The highest BCUT2D eigenvalue weighted by Gasteiger charge is 2.18. The van der Waals surface area contributed by atoms with E-state index in [4.69, 9.17) is 9.72 Å². The Morgan fingerprint density at radius 3 is 2.58 bits per heavy atom. The summed E-state index contributed by atoms with van der Waals surface area (Å²) in [7, 11) is 3.76. The lowest BCUT2D eigenvalue weighted by Crippen LogP contribution is -2.29. The first-order valence-corrected chi connectivity index (χ1v) is 11.2. The lowest BCUT2D eigenvalue weighted by Gasteiger charge is -2.29. The number of H-pyrrole nitrogens is 1. The van der Waals surface area contributed by atoms with Gasteiger partial charge in [0.2, 0.25) is 5.88 Å². The minimum atomic E-state index is -0.176. The second kappa shape index (κ2) is 9.03. The zero-order valence-corrected chi connectivity index (χ0v) is 18.8. The van der Waals surface area contributed by atoms with Crippen molar-refractivity contribution in [3.63, 3.8) is 0 Å². The Bertz CT molecular complexity index is 1310. The summed E-state index contributed by atoms with van der Waals surface area (Å²) in [4.78, 5) is 26.9. The Labute approximate surface area is 192 Å². The maximum absolute atomic E-state index is 12.6. The van der Waals surface area contributed by atoms with Gasteiger partial charge < -0.3 is 19.9 Å². The summed E-state index contributed by atoms with van der Waals surface area (Å²) in [6, 6.07) is 16.0. The van der Waals surface area contributed by atoms with Gasteiger partial charge in [-0.2, -0.15) is 0 Å². The monoisotopic (exact) mass is 441 g/mol. The number of rotatable bonds is 5. The van der Waals surface area contributed by atoms with Crippen LogP contribution in [0.1, 0.15) is 24.3 Å². The SMILES string of the molecule is COc1ccc(-c2cc3cc[nH]c(=O)c3c(Nc3ccc(C4CCN(C)CC4)cc3)n2)cn1. The Morgan fingerprint density at radius 1 is 1.09 bits per heavy atom. The van der Waals surface area contributed by atoms with Crippen LogP contribution >= 0.6 is 0 Å². The van der Waals surface area contributed by atoms with Crippen LogP contribution in [0, 0.1) is 0 Å². The number of pyridine rings is 3. The van der Waals surface area contributed by atoms with E-state index in [0.29, 0.717) is 23.0 Å². The molecular weight excluding hydrogens is 414 g/mol. The van der Waals surface area contributed by atoms with E-state index >= 15 is 0 Å². The number of piperidine rings is 1. The molecule has 0 amide bonds. The molecule has 7 nitrogen and oxygen atoms in total. The van der Waals surface area contributed by atoms with E-state index in [-0.39, 0.29) is 5.56 Å². The number of aromatic amines is 1. The van der Waals surface area contributed by atoms with Crippen LogP contribution in [0.4, 0.5) is 11.5 Å². The fourth-order valence-corrected chi connectivity index (χ4v) is 4.42. The van der Waals surface area contributed by atoms with Gasteiger partial charge in [0.1, 0.15) is 5.82 Å². The smallest absolute Gasteiger partial charge is 0.259 e. The van der Waals surface area contributed by atoms with E-state index in [1.54, 1.807) is 25.6 Å². The summed E-state index contributed by atoms with van der Waals surface area (Å²) >= 11 is 0. The highest BCUT2D eigenvalue weighted by Crippen LogP contribution is 2.31. The summed E-state index contributed by atoms with van der Waals surface area (Å²) in [5.74, 6) is 1.66. The molecule has 0 atom stereocenters. The van der Waals surface area contributed by atoms with Crippen LogP contribution in [0.15, 0.2) is 65.7 Å². The molecular formula is C26H27N5O2. The van der Waals surface area contributed by atoms with Gasteiger partial charge in [-0.25, -0.2) is 9.97 Å². The van der Waals surface area contributed by atoms with Gasteiger partial charge in [0, 0.05) is 29.7 Å². The first kappa shape index (κ1) is 21.2. The predicted octanol–water partition coefficient (Wildman–Crippen LogP) is 4.55. The summed E-state index contributed by atoms with van der Waals surface area (Å²) in [6.45, 7) is 2.27. The van der Waals surface area contributed by atoms with Crippen molar-refractivity contribution in [3.05, 3.63) is 76.8 Å². The molecule has 0 unspecified atom stereocenters. The molecule has 4 heterocycles. The number of nitrogens with one attached hydrogen (secondary N) is 2. The molecule has 2 N–H and O–H groups in total. The number of hydrogen-bond acceptors (Lipinski definition) is 6. The quantitative estimate of drug-likeness (QED) is 0.473. The number of methoxy groups -OCH3 is 1. The van der Waals surface area contributed by atoms with Crippen LogP contribution < -0.4 is 15.6 Å². The van der Waals surface area contributed by atoms with E-state index in [2.05, 4.69) is 51.5 Å². The van der Waals surface area contributed by atoms with E-state index in [9.17, 15) is 4.79 Å². The number of hydrogen-bond donors (Lipinski definition) is 2. The molecule has 33 heavy (non-hydrogen) atoms. The second-order valence-electron chi connectivity index (χ2n) is 8.54. The first-order chi connectivity index (χ1) is 16.1. The maximum Gasteiger partial charge on any atom is 0.259 e. The largest absolute Gasteiger partial charge is 0.481 e. The predicted molar refractivity (Wildman–Crippen MR) is 131 cm³/mol. The molecule has 1 saturated heterocycles. The normalized spacial score (nSPS) is 15.0. The molecule has 5 rings (SSSR count). The van der Waals surface area contributed by atoms with Crippen LogP contribution in [0.2, 0.25) is 0 Å². The van der Waals surface area contributed by atoms with Crippen molar-refractivity contribution in [1.82, 2.24) is 19.9 Å². The van der Waals surface area contributed by atoms with Gasteiger partial charge in [-0.1, -0.05) is 12.1 Å². The number of aromatic nitrogens is 3. The summed E-state index contributed by atoms with van der Waals surface area (Å²) in [6.07, 6.45) is 5.74. The lowest BCUT2D eigenvalue weighted by atomic mass is 9.89. The Morgan fingerprint density at radius 2 is 1.88 bits per heavy atom. The molecule has 4 aromatic rings. The Hall–Kier alpha value is -3.71. The van der Waals surface area contributed by atoms with E-state index in [1.807, 2.05) is 18.2 Å². The summed E-state index contributed by atoms with van der Waals surface area (Å²) in [5, 5.41) is 4.71. The highest BCUT2D eigenvalue weighted by molar-refractivity contribution is 5.95. The summed E-state index contributed by atoms with van der Waals surface area (Å²) in [5.41, 5.74) is 3.66. The fourth-order valence-electron chi connectivity index (χ4n) is 4.42. The molecule has 0 bridgehead atoms. The van der Waals surface area contributed by atoms with Crippen LogP contribution in [0.5, 0.6) is 5.88 Å². The van der Waals surface area contributed by atoms with Gasteiger partial charge in [0.15, 0.2) is 0 Å². The van der Waals surface area contributed by atoms with Crippen molar-refractivity contribution in [3.8, 4) is 17.1 Å². The van der Waals surface area contributed by atoms with E-state index < -0.39 is 0 Å². The molecule has 1 aromatic carbocycles. The minimum Gasteiger partial charge on any atom is -0.481 e. The minimum absolute atomic E-state index is 0.176. The highest BCUT2D eigenvalue weighted by atomic mass is 16.5. The number of nitrogens with zero attached hydrogens (tertiary/aromatic N) is 3.